The standard InChI is InChI=1S/C17H21N5O3S/c1-8(23)6-18-15(24)13-20-14-12-10-5-17(3,4)25-7-11(10)26-16(12)19-9(2)22(14)21-13/h8,23H,5-7H2,1-4H3,(H,18,24)/t8-/m0/s1. The summed E-state index contributed by atoms with van der Waals surface area (Å²) in [6.07, 6.45) is 0.135. The van der Waals surface area contributed by atoms with Crippen LogP contribution < -0.4 is 5.32 Å². The van der Waals surface area contributed by atoms with Crippen molar-refractivity contribution in [1.82, 2.24) is 24.9 Å². The summed E-state index contributed by atoms with van der Waals surface area (Å²) >= 11 is 1.61. The zero-order valence-corrected chi connectivity index (χ0v) is 16.0. The summed E-state index contributed by atoms with van der Waals surface area (Å²) in [7, 11) is 0. The Balaban J connectivity index is 1.86. The lowest BCUT2D eigenvalue weighted by Crippen LogP contribution is -2.31. The number of nitrogens with one attached hydrogen (secondary N) is 1. The minimum absolute atomic E-state index is 0.0781. The number of ether oxygens (including phenoxy) is 1. The van der Waals surface area contributed by atoms with Crippen LogP contribution in [0.3, 0.4) is 0 Å². The number of aromatic nitrogens is 4. The maximum Gasteiger partial charge on any atom is 0.291 e. The number of aliphatic hydroxyl groups excluding tert-OH is 1. The van der Waals surface area contributed by atoms with Crippen LogP contribution in [0, 0.1) is 6.92 Å². The first-order valence-corrected chi connectivity index (χ1v) is 9.34. The lowest BCUT2D eigenvalue weighted by Gasteiger charge is -2.30. The highest BCUT2D eigenvalue weighted by molar-refractivity contribution is 7.19. The van der Waals surface area contributed by atoms with Gasteiger partial charge in [-0.3, -0.25) is 4.79 Å². The van der Waals surface area contributed by atoms with Crippen molar-refractivity contribution < 1.29 is 14.6 Å². The summed E-state index contributed by atoms with van der Waals surface area (Å²) in [4.78, 5) is 23.5. The summed E-state index contributed by atoms with van der Waals surface area (Å²) < 4.78 is 7.53. The average Bonchev–Trinajstić information content (AvgIpc) is 3.13. The van der Waals surface area contributed by atoms with E-state index in [4.69, 9.17) is 4.74 Å². The van der Waals surface area contributed by atoms with Gasteiger partial charge in [-0.05, 0) is 33.3 Å². The van der Waals surface area contributed by atoms with E-state index in [1.54, 1.807) is 22.8 Å². The molecule has 0 saturated heterocycles. The second-order valence-electron chi connectivity index (χ2n) is 7.30. The van der Waals surface area contributed by atoms with Crippen molar-refractivity contribution in [2.24, 2.45) is 0 Å². The number of aryl methyl sites for hydroxylation is 1. The quantitative estimate of drug-likeness (QED) is 0.721. The Morgan fingerprint density at radius 1 is 1.46 bits per heavy atom. The molecule has 2 N–H and O–H groups in total. The molecule has 8 nitrogen and oxygen atoms in total. The molecule has 4 heterocycles. The molecule has 0 spiro atoms. The third kappa shape index (κ3) is 2.85. The minimum atomic E-state index is -0.628. The minimum Gasteiger partial charge on any atom is -0.392 e. The molecule has 1 atom stereocenters. The summed E-state index contributed by atoms with van der Waals surface area (Å²) in [5.74, 6) is 0.345. The van der Waals surface area contributed by atoms with Gasteiger partial charge in [0.25, 0.3) is 5.91 Å². The normalized spacial score (nSPS) is 17.4. The van der Waals surface area contributed by atoms with E-state index < -0.39 is 12.0 Å². The molecule has 0 saturated carbocycles. The van der Waals surface area contributed by atoms with E-state index in [2.05, 4.69) is 34.2 Å². The number of amides is 1. The molecule has 1 aliphatic rings. The molecule has 1 aliphatic heterocycles. The van der Waals surface area contributed by atoms with Gasteiger partial charge in [0.15, 0.2) is 5.65 Å². The number of carbonyl (C=O) groups excluding carboxylic acids is 1. The van der Waals surface area contributed by atoms with Crippen LogP contribution >= 0.6 is 11.3 Å². The van der Waals surface area contributed by atoms with Crippen LogP contribution in [0.25, 0.3) is 15.9 Å². The first-order valence-electron chi connectivity index (χ1n) is 8.53. The predicted octanol–water partition coefficient (Wildman–Crippen LogP) is 1.61. The van der Waals surface area contributed by atoms with Gasteiger partial charge in [0.2, 0.25) is 5.82 Å². The molecule has 0 aliphatic carbocycles. The zero-order chi connectivity index (χ0) is 18.6. The molecule has 138 valence electrons. The van der Waals surface area contributed by atoms with Crippen molar-refractivity contribution in [3.8, 4) is 0 Å². The van der Waals surface area contributed by atoms with Crippen LogP contribution in [-0.2, 0) is 17.8 Å². The molecule has 1 amide bonds. The first kappa shape index (κ1) is 17.3. The highest BCUT2D eigenvalue weighted by atomic mass is 32.1. The smallest absolute Gasteiger partial charge is 0.291 e. The van der Waals surface area contributed by atoms with E-state index in [-0.39, 0.29) is 18.0 Å². The summed E-state index contributed by atoms with van der Waals surface area (Å²) in [5.41, 5.74) is 1.58. The third-order valence-electron chi connectivity index (χ3n) is 4.43. The largest absolute Gasteiger partial charge is 0.392 e. The molecule has 0 fully saturated rings. The maximum absolute atomic E-state index is 12.3. The molecule has 3 aromatic heterocycles. The molecule has 3 aromatic rings. The number of fused-ring (bicyclic) bond motifs is 5. The van der Waals surface area contributed by atoms with Gasteiger partial charge in [-0.25, -0.2) is 9.97 Å². The van der Waals surface area contributed by atoms with E-state index >= 15 is 0 Å². The Kier molecular flexibility index (Phi) is 3.98. The molecular weight excluding hydrogens is 354 g/mol. The Labute approximate surface area is 154 Å². The summed E-state index contributed by atoms with van der Waals surface area (Å²) in [6.45, 7) is 8.30. The molecule has 0 radical (unpaired) electrons. The third-order valence-corrected chi connectivity index (χ3v) is 5.53. The van der Waals surface area contributed by atoms with Crippen LogP contribution in [0.1, 0.15) is 47.7 Å². The van der Waals surface area contributed by atoms with Crippen LogP contribution in [0.15, 0.2) is 0 Å². The van der Waals surface area contributed by atoms with E-state index in [0.717, 1.165) is 21.5 Å². The molecular formula is C17H21N5O3S. The first-order chi connectivity index (χ1) is 12.2. The van der Waals surface area contributed by atoms with Crippen LogP contribution in [0.5, 0.6) is 0 Å². The number of hydrogen-bond donors (Lipinski definition) is 2. The van der Waals surface area contributed by atoms with E-state index in [1.165, 1.54) is 5.56 Å². The fourth-order valence-electron chi connectivity index (χ4n) is 3.16. The van der Waals surface area contributed by atoms with E-state index in [1.807, 2.05) is 6.92 Å². The van der Waals surface area contributed by atoms with Crippen molar-refractivity contribution in [2.75, 3.05) is 6.54 Å². The Bertz CT molecular complexity index is 1020. The fraction of sp³-hybridized carbons (Fsp3) is 0.529. The number of thiophene rings is 1. The molecule has 0 bridgehead atoms. The van der Waals surface area contributed by atoms with Gasteiger partial charge in [-0.1, -0.05) is 0 Å². The highest BCUT2D eigenvalue weighted by Gasteiger charge is 2.31. The fourth-order valence-corrected chi connectivity index (χ4v) is 4.30. The Hall–Kier alpha value is -2.10. The Morgan fingerprint density at radius 2 is 2.23 bits per heavy atom. The molecule has 0 unspecified atom stereocenters. The number of carbonyl (C=O) groups is 1. The molecule has 0 aromatic carbocycles. The zero-order valence-electron chi connectivity index (χ0n) is 15.2. The number of aliphatic hydroxyl groups is 1. The summed E-state index contributed by atoms with van der Waals surface area (Å²) in [6, 6.07) is 0. The van der Waals surface area contributed by atoms with Gasteiger partial charge in [0, 0.05) is 17.8 Å². The van der Waals surface area contributed by atoms with Crippen LogP contribution in [0.2, 0.25) is 0 Å². The lowest BCUT2D eigenvalue weighted by atomic mass is 9.94. The lowest BCUT2D eigenvalue weighted by molar-refractivity contribution is -0.0379. The topological polar surface area (TPSA) is 102 Å². The van der Waals surface area contributed by atoms with Gasteiger partial charge in [0.1, 0.15) is 10.7 Å². The van der Waals surface area contributed by atoms with Gasteiger partial charge >= 0.3 is 0 Å². The predicted molar refractivity (Wildman–Crippen MR) is 97.5 cm³/mol. The van der Waals surface area contributed by atoms with Gasteiger partial charge in [-0.2, -0.15) is 4.52 Å². The van der Waals surface area contributed by atoms with Gasteiger partial charge < -0.3 is 15.2 Å². The van der Waals surface area contributed by atoms with Crippen molar-refractivity contribution in [2.45, 2.75) is 52.4 Å². The van der Waals surface area contributed by atoms with E-state index in [0.29, 0.717) is 18.1 Å². The molecule has 26 heavy (non-hydrogen) atoms. The highest BCUT2D eigenvalue weighted by Crippen LogP contribution is 2.39. The average molecular weight is 375 g/mol. The molecule has 4 rings (SSSR count). The monoisotopic (exact) mass is 375 g/mol. The van der Waals surface area contributed by atoms with Crippen molar-refractivity contribution in [3.63, 3.8) is 0 Å². The molecule has 9 heteroatoms. The number of nitrogens with zero attached hydrogens (tertiary/aromatic N) is 4. The van der Waals surface area contributed by atoms with Gasteiger partial charge in [0.05, 0.1) is 23.7 Å². The van der Waals surface area contributed by atoms with Crippen molar-refractivity contribution >= 4 is 33.1 Å². The Morgan fingerprint density at radius 3 is 2.96 bits per heavy atom. The number of hydrogen-bond acceptors (Lipinski definition) is 7. The second-order valence-corrected chi connectivity index (χ2v) is 8.38. The van der Waals surface area contributed by atoms with E-state index in [9.17, 15) is 9.90 Å². The van der Waals surface area contributed by atoms with Gasteiger partial charge in [-0.15, -0.1) is 16.4 Å². The summed E-state index contributed by atoms with van der Waals surface area (Å²) in [5, 5.41) is 17.3. The van der Waals surface area contributed by atoms with Crippen molar-refractivity contribution in [3.05, 3.63) is 22.1 Å². The number of rotatable bonds is 3. The SMILES string of the molecule is Cc1nc2sc3c(c2c2nc(C(=O)NC[C@H](C)O)nn12)CC(C)(C)OC3. The van der Waals surface area contributed by atoms with Crippen LogP contribution in [0.4, 0.5) is 0 Å². The van der Waals surface area contributed by atoms with Crippen LogP contribution in [-0.4, -0.2) is 48.8 Å². The van der Waals surface area contributed by atoms with Crippen molar-refractivity contribution in [1.29, 1.82) is 0 Å². The maximum atomic E-state index is 12.3. The second kappa shape index (κ2) is 5.97.